The molecule has 0 aliphatic carbocycles. The van der Waals surface area contributed by atoms with Crippen LogP contribution in [0.2, 0.25) is 5.02 Å². The van der Waals surface area contributed by atoms with E-state index in [1.54, 1.807) is 0 Å². The lowest BCUT2D eigenvalue weighted by atomic mass is 10.2. The number of aliphatic carboxylic acids is 1. The highest BCUT2D eigenvalue weighted by molar-refractivity contribution is 9.10. The van der Waals surface area contributed by atoms with E-state index in [-0.39, 0.29) is 21.4 Å². The van der Waals surface area contributed by atoms with Gasteiger partial charge in [-0.05, 0) is 45.9 Å². The zero-order chi connectivity index (χ0) is 16.3. The van der Waals surface area contributed by atoms with Gasteiger partial charge in [-0.1, -0.05) is 18.5 Å². The first kappa shape index (κ1) is 16.9. The van der Waals surface area contributed by atoms with Crippen molar-refractivity contribution in [3.8, 4) is 5.75 Å². The maximum atomic E-state index is 11.4. The average molecular weight is 406 g/mol. The summed E-state index contributed by atoms with van der Waals surface area (Å²) in [5, 5.41) is 27.2. The van der Waals surface area contributed by atoms with E-state index in [4.69, 9.17) is 16.0 Å². The zero-order valence-electron chi connectivity index (χ0n) is 11.2. The molecule has 2 aromatic rings. The van der Waals surface area contributed by atoms with Crippen molar-refractivity contribution in [3.63, 3.8) is 0 Å². The van der Waals surface area contributed by atoms with Crippen LogP contribution < -0.4 is 0 Å². The summed E-state index contributed by atoms with van der Waals surface area (Å²) in [7, 11) is 0. The molecule has 0 unspecified atom stereocenters. The Kier molecular flexibility index (Phi) is 5.49. The SMILES string of the molecule is CCc1nnc(S/C(=C\c2cc(Cl)cc(Br)c2O)C(=O)O)o1. The predicted molar refractivity (Wildman–Crippen MR) is 86.0 cm³/mol. The molecule has 0 saturated carbocycles. The summed E-state index contributed by atoms with van der Waals surface area (Å²) in [6.07, 6.45) is 1.84. The Morgan fingerprint density at radius 1 is 1.50 bits per heavy atom. The van der Waals surface area contributed by atoms with Crippen LogP contribution in [0, 0.1) is 0 Å². The van der Waals surface area contributed by atoms with Crippen LogP contribution >= 0.6 is 39.3 Å². The Bertz CT molecular complexity index is 748. The first-order chi connectivity index (χ1) is 10.4. The fourth-order valence-electron chi connectivity index (χ4n) is 1.49. The van der Waals surface area contributed by atoms with Crippen LogP contribution in [0.15, 0.2) is 31.2 Å². The second-order valence-corrected chi connectivity index (χ2v) is 6.34. The molecule has 6 nitrogen and oxygen atoms in total. The van der Waals surface area contributed by atoms with E-state index in [1.807, 2.05) is 6.92 Å². The number of phenols is 1. The van der Waals surface area contributed by atoms with Crippen LogP contribution in [0.5, 0.6) is 5.75 Å². The fourth-order valence-corrected chi connectivity index (χ4v) is 3.00. The number of aromatic hydroxyl groups is 1. The lowest BCUT2D eigenvalue weighted by Gasteiger charge is -2.04. The Morgan fingerprint density at radius 2 is 2.23 bits per heavy atom. The maximum absolute atomic E-state index is 11.4. The molecular formula is C13H10BrClN2O4S. The minimum absolute atomic E-state index is 0.0873. The Labute approximate surface area is 143 Å². The first-order valence-corrected chi connectivity index (χ1v) is 8.02. The molecular weight excluding hydrogens is 396 g/mol. The molecule has 0 saturated heterocycles. The molecule has 116 valence electrons. The van der Waals surface area contributed by atoms with E-state index in [1.165, 1.54) is 18.2 Å². The van der Waals surface area contributed by atoms with Gasteiger partial charge in [0.25, 0.3) is 5.22 Å². The van der Waals surface area contributed by atoms with Crippen LogP contribution in [0.25, 0.3) is 6.08 Å². The highest BCUT2D eigenvalue weighted by Gasteiger charge is 2.16. The molecule has 0 amide bonds. The van der Waals surface area contributed by atoms with Gasteiger partial charge in [0.1, 0.15) is 10.7 Å². The standard InChI is InChI=1S/C13H10BrClN2O4S/c1-2-10-16-17-13(21-10)22-9(12(19)20)4-6-3-7(15)5-8(14)11(6)18/h3-5,18H,2H2,1H3,(H,19,20)/b9-4-. The minimum atomic E-state index is -1.18. The molecule has 2 rings (SSSR count). The molecule has 0 bridgehead atoms. The lowest BCUT2D eigenvalue weighted by molar-refractivity contribution is -0.131. The van der Waals surface area contributed by atoms with Crippen molar-refractivity contribution >= 4 is 51.3 Å². The van der Waals surface area contributed by atoms with Crippen molar-refractivity contribution in [2.75, 3.05) is 0 Å². The molecule has 1 heterocycles. The van der Waals surface area contributed by atoms with E-state index in [0.717, 1.165) is 11.8 Å². The smallest absolute Gasteiger partial charge is 0.342 e. The first-order valence-electron chi connectivity index (χ1n) is 6.04. The molecule has 1 aromatic heterocycles. The number of thioether (sulfide) groups is 1. The third-order valence-corrected chi connectivity index (χ3v) is 4.18. The van der Waals surface area contributed by atoms with Crippen LogP contribution in [0.4, 0.5) is 0 Å². The fraction of sp³-hybridized carbons (Fsp3) is 0.154. The predicted octanol–water partition coefficient (Wildman–Crippen LogP) is 3.97. The number of phenolic OH excluding ortho intramolecular Hbond substituents is 1. The van der Waals surface area contributed by atoms with E-state index >= 15 is 0 Å². The van der Waals surface area contributed by atoms with Crippen molar-refractivity contribution < 1.29 is 19.4 Å². The number of halogens is 2. The van der Waals surface area contributed by atoms with E-state index in [9.17, 15) is 15.0 Å². The molecule has 0 aliphatic heterocycles. The van der Waals surface area contributed by atoms with Crippen molar-refractivity contribution in [2.24, 2.45) is 0 Å². The third-order valence-electron chi connectivity index (χ3n) is 2.50. The minimum Gasteiger partial charge on any atom is -0.506 e. The summed E-state index contributed by atoms with van der Waals surface area (Å²) in [6, 6.07) is 2.96. The number of benzene rings is 1. The molecule has 0 radical (unpaired) electrons. The molecule has 1 aromatic carbocycles. The summed E-state index contributed by atoms with van der Waals surface area (Å²) >= 11 is 9.85. The number of hydrogen-bond donors (Lipinski definition) is 2. The molecule has 0 spiro atoms. The average Bonchev–Trinajstić information content (AvgIpc) is 2.91. The van der Waals surface area contributed by atoms with Crippen molar-refractivity contribution in [2.45, 2.75) is 18.6 Å². The zero-order valence-corrected chi connectivity index (χ0v) is 14.4. The summed E-state index contributed by atoms with van der Waals surface area (Å²) in [6.45, 7) is 1.84. The molecule has 2 N–H and O–H groups in total. The normalized spacial score (nSPS) is 11.7. The number of carboxylic acid groups (broad SMARTS) is 1. The number of hydrogen-bond acceptors (Lipinski definition) is 6. The van der Waals surface area contributed by atoms with Crippen molar-refractivity contribution in [1.29, 1.82) is 0 Å². The molecule has 0 aliphatic rings. The highest BCUT2D eigenvalue weighted by Crippen LogP contribution is 2.35. The number of rotatable bonds is 5. The summed E-state index contributed by atoms with van der Waals surface area (Å²) in [5.41, 5.74) is 0.263. The Morgan fingerprint density at radius 3 is 2.82 bits per heavy atom. The lowest BCUT2D eigenvalue weighted by Crippen LogP contribution is -1.97. The quantitative estimate of drug-likeness (QED) is 0.574. The van der Waals surface area contributed by atoms with Gasteiger partial charge in [0, 0.05) is 17.0 Å². The number of aryl methyl sites for hydroxylation is 1. The van der Waals surface area contributed by atoms with Crippen molar-refractivity contribution in [3.05, 3.63) is 38.0 Å². The van der Waals surface area contributed by atoms with Gasteiger partial charge in [0.2, 0.25) is 5.89 Å². The molecule has 9 heteroatoms. The van der Waals surface area contributed by atoms with E-state index in [2.05, 4.69) is 26.1 Å². The second-order valence-electron chi connectivity index (χ2n) is 4.06. The van der Waals surface area contributed by atoms with Gasteiger partial charge < -0.3 is 14.6 Å². The van der Waals surface area contributed by atoms with Crippen molar-refractivity contribution in [1.82, 2.24) is 10.2 Å². The van der Waals surface area contributed by atoms with Crippen LogP contribution in [-0.2, 0) is 11.2 Å². The molecule has 22 heavy (non-hydrogen) atoms. The Hall–Kier alpha value is -1.51. The monoisotopic (exact) mass is 404 g/mol. The van der Waals surface area contributed by atoms with Crippen LogP contribution in [-0.4, -0.2) is 26.4 Å². The summed E-state index contributed by atoms with van der Waals surface area (Å²) < 4.78 is 5.64. The van der Waals surface area contributed by atoms with Gasteiger partial charge in [-0.15, -0.1) is 10.2 Å². The largest absolute Gasteiger partial charge is 0.506 e. The maximum Gasteiger partial charge on any atom is 0.342 e. The number of nitrogens with zero attached hydrogens (tertiary/aromatic N) is 2. The topological polar surface area (TPSA) is 96.5 Å². The van der Waals surface area contributed by atoms with E-state index in [0.29, 0.717) is 21.8 Å². The Balaban J connectivity index is 2.37. The van der Waals surface area contributed by atoms with Crippen LogP contribution in [0.1, 0.15) is 18.4 Å². The van der Waals surface area contributed by atoms with Gasteiger partial charge in [-0.3, -0.25) is 0 Å². The number of carboxylic acids is 1. The highest BCUT2D eigenvalue weighted by atomic mass is 79.9. The molecule has 0 atom stereocenters. The number of carbonyl (C=O) groups is 1. The van der Waals surface area contributed by atoms with Gasteiger partial charge in [-0.25, -0.2) is 4.79 Å². The summed E-state index contributed by atoms with van der Waals surface area (Å²) in [4.78, 5) is 11.3. The van der Waals surface area contributed by atoms with Gasteiger partial charge in [0.15, 0.2) is 0 Å². The molecule has 0 fully saturated rings. The van der Waals surface area contributed by atoms with Crippen LogP contribution in [0.3, 0.4) is 0 Å². The van der Waals surface area contributed by atoms with Gasteiger partial charge in [-0.2, -0.15) is 0 Å². The number of aromatic nitrogens is 2. The third kappa shape index (κ3) is 4.02. The van der Waals surface area contributed by atoms with E-state index < -0.39 is 5.97 Å². The second kappa shape index (κ2) is 7.17. The van der Waals surface area contributed by atoms with Gasteiger partial charge >= 0.3 is 5.97 Å². The van der Waals surface area contributed by atoms with Gasteiger partial charge in [0.05, 0.1) is 4.47 Å². The summed E-state index contributed by atoms with van der Waals surface area (Å²) in [5.74, 6) is -0.874.